The molecule has 14 nitrogen and oxygen atoms in total. The third kappa shape index (κ3) is 5.71. The normalized spacial score (nSPS) is 14.7. The minimum absolute atomic E-state index is 0.0198. The van der Waals surface area contributed by atoms with Crippen LogP contribution in [0, 0.1) is 0 Å². The fraction of sp³-hybridized carbons (Fsp3) is 0.296. The number of benzene rings is 1. The van der Waals surface area contributed by atoms with Gasteiger partial charge in [-0.15, -0.1) is 10.2 Å². The van der Waals surface area contributed by atoms with Gasteiger partial charge in [-0.05, 0) is 35.7 Å². The fourth-order valence-corrected chi connectivity index (χ4v) is 4.81. The van der Waals surface area contributed by atoms with E-state index in [2.05, 4.69) is 30.9 Å². The van der Waals surface area contributed by atoms with Gasteiger partial charge in [-0.3, -0.25) is 14.4 Å². The summed E-state index contributed by atoms with van der Waals surface area (Å²) in [5.74, 6) is -0.880. The molecule has 0 saturated carbocycles. The number of aliphatic carboxylic acids is 1. The standard InChI is InChI=1S/C27H28N8O6/c1-34-26(38)23(20(41-2)14-29-34)25(37)30-17-5-3-15(4-6-17)11-18(27(39)40)31-24(36)19-7-8-21-32-33-22(35(19)21)12-16-9-10-28-13-16/h3-6,9-10,13-14,18-19,28H,7-8,11-12H2,1-2H3,(H,30,37)(H,31,36)(H,39,40). The van der Waals surface area contributed by atoms with E-state index in [0.29, 0.717) is 42.2 Å². The number of H-pyrrole nitrogens is 1. The first-order valence-corrected chi connectivity index (χ1v) is 12.8. The summed E-state index contributed by atoms with van der Waals surface area (Å²) < 4.78 is 7.92. The molecule has 41 heavy (non-hydrogen) atoms. The maximum atomic E-state index is 13.2. The molecule has 1 aliphatic rings. The monoisotopic (exact) mass is 560 g/mol. The van der Waals surface area contributed by atoms with Crippen LogP contribution in [0.15, 0.2) is 53.7 Å². The third-order valence-corrected chi connectivity index (χ3v) is 6.93. The van der Waals surface area contributed by atoms with E-state index in [-0.39, 0.29) is 17.7 Å². The highest BCUT2D eigenvalue weighted by atomic mass is 16.5. The van der Waals surface area contributed by atoms with Crippen molar-refractivity contribution >= 4 is 23.5 Å². The number of carbonyl (C=O) groups excluding carboxylic acids is 2. The zero-order valence-electron chi connectivity index (χ0n) is 22.3. The van der Waals surface area contributed by atoms with Gasteiger partial charge < -0.3 is 30.0 Å². The Morgan fingerprint density at radius 3 is 2.63 bits per heavy atom. The van der Waals surface area contributed by atoms with Crippen molar-refractivity contribution in [1.29, 1.82) is 0 Å². The summed E-state index contributed by atoms with van der Waals surface area (Å²) in [6.45, 7) is 0. The minimum atomic E-state index is -1.18. The summed E-state index contributed by atoms with van der Waals surface area (Å²) in [7, 11) is 2.76. The van der Waals surface area contributed by atoms with Crippen LogP contribution in [-0.4, -0.2) is 65.6 Å². The summed E-state index contributed by atoms with van der Waals surface area (Å²) in [5.41, 5.74) is 1.20. The van der Waals surface area contributed by atoms with Gasteiger partial charge in [0.25, 0.3) is 11.5 Å². The quantitative estimate of drug-likeness (QED) is 0.218. The molecule has 2 unspecified atom stereocenters. The molecule has 2 atom stereocenters. The van der Waals surface area contributed by atoms with Crippen LogP contribution in [0.2, 0.25) is 0 Å². The lowest BCUT2D eigenvalue weighted by Crippen LogP contribution is -2.45. The number of anilines is 1. The number of ether oxygens (including phenoxy) is 1. The molecule has 212 valence electrons. The van der Waals surface area contributed by atoms with Gasteiger partial charge in [0.2, 0.25) is 5.91 Å². The SMILES string of the molecule is COc1cnn(C)c(=O)c1C(=O)Nc1ccc(CC(NC(=O)C2CCc3nnc(Cc4cc[nH]c4)n32)C(=O)O)cc1. The number of rotatable bonds is 10. The van der Waals surface area contributed by atoms with Gasteiger partial charge in [0, 0.05) is 44.4 Å². The van der Waals surface area contributed by atoms with Crippen LogP contribution < -0.4 is 20.9 Å². The van der Waals surface area contributed by atoms with Crippen LogP contribution in [0.3, 0.4) is 0 Å². The van der Waals surface area contributed by atoms with E-state index in [1.807, 2.05) is 12.3 Å². The van der Waals surface area contributed by atoms with E-state index in [1.165, 1.54) is 20.4 Å². The van der Waals surface area contributed by atoms with Gasteiger partial charge in [-0.1, -0.05) is 12.1 Å². The van der Waals surface area contributed by atoms with Crippen LogP contribution >= 0.6 is 0 Å². The van der Waals surface area contributed by atoms with Crippen LogP contribution in [0.4, 0.5) is 5.69 Å². The van der Waals surface area contributed by atoms with Gasteiger partial charge in [0.05, 0.1) is 13.3 Å². The Hall–Kier alpha value is -5.27. The van der Waals surface area contributed by atoms with Crippen molar-refractivity contribution in [3.8, 4) is 5.75 Å². The lowest BCUT2D eigenvalue weighted by atomic mass is 10.0. The van der Waals surface area contributed by atoms with E-state index in [1.54, 1.807) is 35.0 Å². The van der Waals surface area contributed by atoms with E-state index in [9.17, 15) is 24.3 Å². The van der Waals surface area contributed by atoms with Crippen LogP contribution in [-0.2, 0) is 35.9 Å². The van der Waals surface area contributed by atoms with Crippen molar-refractivity contribution < 1.29 is 24.2 Å². The highest BCUT2D eigenvalue weighted by Crippen LogP contribution is 2.28. The number of aromatic nitrogens is 6. The maximum Gasteiger partial charge on any atom is 0.326 e. The second-order valence-corrected chi connectivity index (χ2v) is 9.62. The van der Waals surface area contributed by atoms with E-state index in [4.69, 9.17) is 4.74 Å². The van der Waals surface area contributed by atoms with Gasteiger partial charge in [0.1, 0.15) is 29.3 Å². The van der Waals surface area contributed by atoms with E-state index >= 15 is 0 Å². The molecule has 0 fully saturated rings. The highest BCUT2D eigenvalue weighted by Gasteiger charge is 2.34. The third-order valence-electron chi connectivity index (χ3n) is 6.93. The van der Waals surface area contributed by atoms with Crippen molar-refractivity contribution in [3.63, 3.8) is 0 Å². The minimum Gasteiger partial charge on any atom is -0.494 e. The Morgan fingerprint density at radius 1 is 1.17 bits per heavy atom. The number of nitrogens with one attached hydrogen (secondary N) is 3. The average molecular weight is 561 g/mol. The van der Waals surface area contributed by atoms with Crippen molar-refractivity contribution in [2.45, 2.75) is 37.8 Å². The smallest absolute Gasteiger partial charge is 0.326 e. The first-order chi connectivity index (χ1) is 19.7. The summed E-state index contributed by atoms with van der Waals surface area (Å²) in [5, 5.41) is 27.4. The molecule has 0 spiro atoms. The zero-order valence-corrected chi connectivity index (χ0v) is 22.3. The Bertz CT molecular complexity index is 1640. The van der Waals surface area contributed by atoms with Crippen LogP contribution in [0.1, 0.15) is 45.6 Å². The molecule has 14 heteroatoms. The highest BCUT2D eigenvalue weighted by molar-refractivity contribution is 6.05. The van der Waals surface area contributed by atoms with Crippen molar-refractivity contribution in [2.24, 2.45) is 7.05 Å². The Labute approximate surface area is 233 Å². The number of methoxy groups -OCH3 is 1. The molecule has 0 radical (unpaired) electrons. The molecule has 1 aromatic carbocycles. The average Bonchev–Trinajstić information content (AvgIpc) is 3.70. The predicted octanol–water partition coefficient (Wildman–Crippen LogP) is 0.851. The number of fused-ring (bicyclic) bond motifs is 1. The van der Waals surface area contributed by atoms with Gasteiger partial charge in [0.15, 0.2) is 5.75 Å². The molecular formula is C27H28N8O6. The molecular weight excluding hydrogens is 532 g/mol. The van der Waals surface area contributed by atoms with Gasteiger partial charge in [-0.25, -0.2) is 9.48 Å². The molecule has 0 bridgehead atoms. The predicted molar refractivity (Wildman–Crippen MR) is 145 cm³/mol. The first kappa shape index (κ1) is 27.3. The summed E-state index contributed by atoms with van der Waals surface area (Å²) in [6, 6.07) is 6.58. The number of carboxylic acids is 1. The summed E-state index contributed by atoms with van der Waals surface area (Å²) in [4.78, 5) is 53.5. The second-order valence-electron chi connectivity index (χ2n) is 9.62. The molecule has 4 N–H and O–H groups in total. The number of hydrogen-bond acceptors (Lipinski definition) is 8. The molecule has 4 aromatic rings. The zero-order chi connectivity index (χ0) is 29.1. The largest absolute Gasteiger partial charge is 0.494 e. The van der Waals surface area contributed by atoms with E-state index in [0.717, 1.165) is 10.2 Å². The number of carboxylic acid groups (broad SMARTS) is 1. The molecule has 2 amide bonds. The second kappa shape index (κ2) is 11.5. The maximum absolute atomic E-state index is 13.2. The molecule has 5 rings (SSSR count). The van der Waals surface area contributed by atoms with Gasteiger partial charge >= 0.3 is 5.97 Å². The van der Waals surface area contributed by atoms with E-state index < -0.39 is 35.4 Å². The molecule has 1 aliphatic heterocycles. The Kier molecular flexibility index (Phi) is 7.63. The van der Waals surface area contributed by atoms with Crippen molar-refractivity contribution in [3.05, 3.63) is 87.6 Å². The molecule has 0 saturated heterocycles. The number of nitrogens with zero attached hydrogens (tertiary/aromatic N) is 5. The fourth-order valence-electron chi connectivity index (χ4n) is 4.81. The topological polar surface area (TPSA) is 186 Å². The van der Waals surface area contributed by atoms with Gasteiger partial charge in [-0.2, -0.15) is 5.10 Å². The van der Waals surface area contributed by atoms with Crippen LogP contribution in [0.25, 0.3) is 0 Å². The Balaban J connectivity index is 1.25. The number of carbonyl (C=O) groups is 3. The number of amides is 2. The summed E-state index contributed by atoms with van der Waals surface area (Å²) >= 11 is 0. The number of aromatic amines is 1. The first-order valence-electron chi connectivity index (χ1n) is 12.8. The lowest BCUT2D eigenvalue weighted by Gasteiger charge is -2.20. The summed E-state index contributed by atoms with van der Waals surface area (Å²) in [6.07, 6.45) is 6.51. The number of hydrogen-bond donors (Lipinski definition) is 4. The Morgan fingerprint density at radius 2 is 1.95 bits per heavy atom. The van der Waals surface area contributed by atoms with Crippen LogP contribution in [0.5, 0.6) is 5.75 Å². The number of aryl methyl sites for hydroxylation is 2. The van der Waals surface area contributed by atoms with Crippen molar-refractivity contribution in [1.82, 2.24) is 34.8 Å². The molecule has 3 aromatic heterocycles. The lowest BCUT2D eigenvalue weighted by molar-refractivity contribution is -0.142. The van der Waals surface area contributed by atoms with Crippen molar-refractivity contribution in [2.75, 3.05) is 12.4 Å². The molecule has 0 aliphatic carbocycles. The molecule has 4 heterocycles.